The Morgan fingerprint density at radius 3 is 2.67 bits per heavy atom. The lowest BCUT2D eigenvalue weighted by atomic mass is 10.1. The van der Waals surface area contributed by atoms with Gasteiger partial charge in [0.25, 0.3) is 0 Å². The average molecular weight is 291 g/mol. The van der Waals surface area contributed by atoms with Gasteiger partial charge >= 0.3 is 0 Å². The van der Waals surface area contributed by atoms with E-state index in [0.717, 1.165) is 19.6 Å². The number of rotatable bonds is 4. The van der Waals surface area contributed by atoms with Crippen molar-refractivity contribution in [3.63, 3.8) is 0 Å². The minimum Gasteiger partial charge on any atom is -0.302 e. The maximum Gasteiger partial charge on any atom is 0.128 e. The molecule has 0 spiro atoms. The van der Waals surface area contributed by atoms with Crippen LogP contribution in [0.4, 0.5) is 0 Å². The summed E-state index contributed by atoms with van der Waals surface area (Å²) in [6, 6.07) is 9.18. The molecule has 0 radical (unpaired) electrons. The standard InChI is InChI=1S/C15H25N5O/c1-10-7-14(18-9-17-10)16-8-12-3-5-13(6-4-12)15-19-11(2)21-20-15/h3-6,10-11,14-20H,7-9H2,1-2H3. The van der Waals surface area contributed by atoms with Crippen molar-refractivity contribution in [3.05, 3.63) is 35.4 Å². The van der Waals surface area contributed by atoms with Gasteiger partial charge in [0.1, 0.15) is 12.4 Å². The van der Waals surface area contributed by atoms with Crippen molar-refractivity contribution in [1.82, 2.24) is 26.7 Å². The SMILES string of the molecule is CC1CC(NCc2ccc(C3NOC(C)N3)cc2)NCN1. The molecule has 5 N–H and O–H groups in total. The summed E-state index contributed by atoms with van der Waals surface area (Å²) in [6.07, 6.45) is 1.61. The van der Waals surface area contributed by atoms with Crippen molar-refractivity contribution in [2.24, 2.45) is 0 Å². The minimum atomic E-state index is 0.0457. The summed E-state index contributed by atoms with van der Waals surface area (Å²) in [5.74, 6) is 0. The summed E-state index contributed by atoms with van der Waals surface area (Å²) >= 11 is 0. The van der Waals surface area contributed by atoms with E-state index in [1.165, 1.54) is 11.1 Å². The van der Waals surface area contributed by atoms with Gasteiger partial charge in [0.05, 0.1) is 6.17 Å². The number of hydrogen-bond donors (Lipinski definition) is 5. The third kappa shape index (κ3) is 4.00. The number of nitrogens with one attached hydrogen (secondary N) is 5. The highest BCUT2D eigenvalue weighted by molar-refractivity contribution is 5.25. The second kappa shape index (κ2) is 6.83. The first kappa shape index (κ1) is 14.9. The zero-order chi connectivity index (χ0) is 14.7. The Balaban J connectivity index is 1.50. The van der Waals surface area contributed by atoms with Crippen molar-refractivity contribution in [2.75, 3.05) is 6.67 Å². The van der Waals surface area contributed by atoms with Crippen molar-refractivity contribution in [1.29, 1.82) is 0 Å². The van der Waals surface area contributed by atoms with Crippen LogP contribution >= 0.6 is 0 Å². The topological polar surface area (TPSA) is 69.4 Å². The van der Waals surface area contributed by atoms with Gasteiger partial charge in [-0.15, -0.1) is 0 Å². The van der Waals surface area contributed by atoms with Gasteiger partial charge in [0, 0.05) is 19.3 Å². The molecule has 0 saturated carbocycles. The van der Waals surface area contributed by atoms with Crippen LogP contribution in [-0.4, -0.2) is 25.1 Å². The Kier molecular flexibility index (Phi) is 4.84. The molecule has 4 unspecified atom stereocenters. The Morgan fingerprint density at radius 1 is 1.19 bits per heavy atom. The van der Waals surface area contributed by atoms with Crippen molar-refractivity contribution in [2.45, 2.75) is 51.4 Å². The molecule has 1 aromatic carbocycles. The average Bonchev–Trinajstić information content (AvgIpc) is 2.92. The number of hydrogen-bond acceptors (Lipinski definition) is 6. The Labute approximate surface area is 126 Å². The summed E-state index contributed by atoms with van der Waals surface area (Å²) in [7, 11) is 0. The second-order valence-corrected chi connectivity index (χ2v) is 5.87. The van der Waals surface area contributed by atoms with Crippen LogP contribution in [0.5, 0.6) is 0 Å². The molecule has 0 aromatic heterocycles. The van der Waals surface area contributed by atoms with Gasteiger partial charge in [-0.05, 0) is 31.4 Å². The van der Waals surface area contributed by atoms with Gasteiger partial charge in [0.15, 0.2) is 0 Å². The molecule has 0 amide bonds. The highest BCUT2D eigenvalue weighted by Gasteiger charge is 2.21. The molecule has 4 atom stereocenters. The normalized spacial score (nSPS) is 33.2. The van der Waals surface area contributed by atoms with Crippen LogP contribution in [0.15, 0.2) is 24.3 Å². The quantitative estimate of drug-likeness (QED) is 0.557. The fourth-order valence-electron chi connectivity index (χ4n) is 2.74. The summed E-state index contributed by atoms with van der Waals surface area (Å²) in [6.45, 7) is 5.95. The van der Waals surface area contributed by atoms with E-state index in [1.54, 1.807) is 0 Å². The molecular weight excluding hydrogens is 266 g/mol. The van der Waals surface area contributed by atoms with E-state index in [4.69, 9.17) is 4.84 Å². The van der Waals surface area contributed by atoms with Gasteiger partial charge in [0.2, 0.25) is 0 Å². The Hall–Kier alpha value is -1.02. The number of hydroxylamine groups is 1. The molecule has 3 rings (SSSR count). The molecule has 6 heteroatoms. The van der Waals surface area contributed by atoms with Crippen LogP contribution in [-0.2, 0) is 11.4 Å². The maximum atomic E-state index is 5.30. The van der Waals surface area contributed by atoms with Gasteiger partial charge in [-0.25, -0.2) is 0 Å². The minimum absolute atomic E-state index is 0.0457. The van der Waals surface area contributed by atoms with Crippen molar-refractivity contribution in [3.8, 4) is 0 Å². The Bertz CT molecular complexity index is 452. The summed E-state index contributed by atoms with van der Waals surface area (Å²) in [4.78, 5) is 5.30. The zero-order valence-corrected chi connectivity index (χ0v) is 12.6. The molecule has 0 bridgehead atoms. The Morgan fingerprint density at radius 2 is 2.00 bits per heavy atom. The molecule has 1 aromatic rings. The third-order valence-electron chi connectivity index (χ3n) is 4.02. The maximum absolute atomic E-state index is 5.30. The molecule has 0 aliphatic carbocycles. The van der Waals surface area contributed by atoms with Crippen LogP contribution in [0.25, 0.3) is 0 Å². The molecule has 21 heavy (non-hydrogen) atoms. The fourth-order valence-corrected chi connectivity index (χ4v) is 2.74. The number of benzene rings is 1. The van der Waals surface area contributed by atoms with E-state index in [1.807, 2.05) is 6.92 Å². The lowest BCUT2D eigenvalue weighted by molar-refractivity contribution is 0.0329. The van der Waals surface area contributed by atoms with Gasteiger partial charge in [-0.3, -0.25) is 20.8 Å². The van der Waals surface area contributed by atoms with Gasteiger partial charge in [-0.2, -0.15) is 5.48 Å². The van der Waals surface area contributed by atoms with Crippen LogP contribution in [0.1, 0.15) is 37.6 Å². The predicted molar refractivity (Wildman–Crippen MR) is 81.8 cm³/mol. The molecule has 2 heterocycles. The highest BCUT2D eigenvalue weighted by atomic mass is 16.7. The molecule has 2 aliphatic heterocycles. The predicted octanol–water partition coefficient (Wildman–Crippen LogP) is 0.500. The van der Waals surface area contributed by atoms with Crippen molar-refractivity contribution < 1.29 is 4.84 Å². The lowest BCUT2D eigenvalue weighted by Gasteiger charge is -2.30. The summed E-state index contributed by atoms with van der Waals surface area (Å²) in [5, 5.41) is 13.7. The first-order valence-electron chi connectivity index (χ1n) is 7.67. The highest BCUT2D eigenvalue weighted by Crippen LogP contribution is 2.16. The van der Waals surface area contributed by atoms with E-state index in [9.17, 15) is 0 Å². The summed E-state index contributed by atoms with van der Waals surface area (Å²) in [5.41, 5.74) is 5.47. The monoisotopic (exact) mass is 291 g/mol. The largest absolute Gasteiger partial charge is 0.302 e. The molecule has 2 aliphatic rings. The molecule has 2 fully saturated rings. The van der Waals surface area contributed by atoms with Crippen molar-refractivity contribution >= 4 is 0 Å². The van der Waals surface area contributed by atoms with E-state index < -0.39 is 0 Å². The fraction of sp³-hybridized carbons (Fsp3) is 0.600. The first-order chi connectivity index (χ1) is 10.2. The molecule has 2 saturated heterocycles. The second-order valence-electron chi connectivity index (χ2n) is 5.87. The third-order valence-corrected chi connectivity index (χ3v) is 4.02. The molecular formula is C15H25N5O. The first-order valence-corrected chi connectivity index (χ1v) is 7.67. The van der Waals surface area contributed by atoms with Crippen LogP contribution in [0.2, 0.25) is 0 Å². The molecule has 116 valence electrons. The van der Waals surface area contributed by atoms with Crippen LogP contribution in [0.3, 0.4) is 0 Å². The summed E-state index contributed by atoms with van der Waals surface area (Å²) < 4.78 is 0. The van der Waals surface area contributed by atoms with Gasteiger partial charge in [-0.1, -0.05) is 24.3 Å². The van der Waals surface area contributed by atoms with Crippen LogP contribution < -0.4 is 26.7 Å². The smallest absolute Gasteiger partial charge is 0.128 e. The van der Waals surface area contributed by atoms with E-state index >= 15 is 0 Å². The van der Waals surface area contributed by atoms with Gasteiger partial charge < -0.3 is 5.32 Å². The van der Waals surface area contributed by atoms with Crippen LogP contribution in [0, 0.1) is 0 Å². The van der Waals surface area contributed by atoms with E-state index in [2.05, 4.69) is 57.9 Å². The zero-order valence-electron chi connectivity index (χ0n) is 12.6. The molecule has 6 nitrogen and oxygen atoms in total. The van der Waals surface area contributed by atoms with E-state index in [0.29, 0.717) is 12.2 Å². The lowest BCUT2D eigenvalue weighted by Crippen LogP contribution is -2.55. The van der Waals surface area contributed by atoms with E-state index in [-0.39, 0.29) is 12.4 Å².